The third-order valence-electron chi connectivity index (χ3n) is 2.81. The van der Waals surface area contributed by atoms with Gasteiger partial charge in [-0.15, -0.1) is 0 Å². The summed E-state index contributed by atoms with van der Waals surface area (Å²) < 4.78 is 1.98. The van der Waals surface area contributed by atoms with Gasteiger partial charge in [-0.2, -0.15) is 5.26 Å². The van der Waals surface area contributed by atoms with Gasteiger partial charge in [-0.25, -0.2) is 4.98 Å². The van der Waals surface area contributed by atoms with Crippen LogP contribution in [-0.2, 0) is 13.5 Å². The summed E-state index contributed by atoms with van der Waals surface area (Å²) in [6, 6.07) is 8.44. The fourth-order valence-corrected chi connectivity index (χ4v) is 2.01. The monoisotopic (exact) mass is 225 g/mol. The Morgan fingerprint density at radius 1 is 1.35 bits per heavy atom. The van der Waals surface area contributed by atoms with Gasteiger partial charge in [0, 0.05) is 18.8 Å². The number of rotatable bonds is 2. The van der Waals surface area contributed by atoms with Crippen molar-refractivity contribution in [2.24, 2.45) is 7.05 Å². The zero-order chi connectivity index (χ0) is 12.4. The first-order valence-electron chi connectivity index (χ1n) is 5.58. The summed E-state index contributed by atoms with van der Waals surface area (Å²) in [5, 5.41) is 8.68. The molecule has 1 aromatic carbocycles. The smallest absolute Gasteiger partial charge is 0.140 e. The van der Waals surface area contributed by atoms with Crippen molar-refractivity contribution >= 4 is 0 Å². The van der Waals surface area contributed by atoms with E-state index >= 15 is 0 Å². The first-order valence-corrected chi connectivity index (χ1v) is 5.58. The highest BCUT2D eigenvalue weighted by Crippen LogP contribution is 2.23. The standard InChI is InChI=1S/C14H15N3/c1-10-4-5-13(11(2)8-10)14-16-12(6-7-15)9-17(14)3/h4-5,8-9H,6H2,1-3H3. The molecule has 0 unspecified atom stereocenters. The van der Waals surface area contributed by atoms with Crippen LogP contribution in [0.4, 0.5) is 0 Å². The van der Waals surface area contributed by atoms with Gasteiger partial charge in [-0.05, 0) is 19.4 Å². The van der Waals surface area contributed by atoms with Gasteiger partial charge in [0.25, 0.3) is 0 Å². The molecular weight excluding hydrogens is 210 g/mol. The third kappa shape index (κ3) is 2.21. The van der Waals surface area contributed by atoms with Crippen molar-refractivity contribution in [3.8, 4) is 17.5 Å². The number of aromatic nitrogens is 2. The van der Waals surface area contributed by atoms with Crippen molar-refractivity contribution in [3.63, 3.8) is 0 Å². The molecule has 17 heavy (non-hydrogen) atoms. The number of nitriles is 1. The Morgan fingerprint density at radius 3 is 2.76 bits per heavy atom. The Balaban J connectivity index is 2.49. The van der Waals surface area contributed by atoms with E-state index in [1.165, 1.54) is 11.1 Å². The highest BCUT2D eigenvalue weighted by Gasteiger charge is 2.09. The first-order chi connectivity index (χ1) is 8.11. The molecule has 0 amide bonds. The van der Waals surface area contributed by atoms with E-state index in [1.54, 1.807) is 0 Å². The molecule has 0 aliphatic heterocycles. The summed E-state index contributed by atoms with van der Waals surface area (Å²) in [5.41, 5.74) is 4.41. The largest absolute Gasteiger partial charge is 0.334 e. The van der Waals surface area contributed by atoms with Crippen molar-refractivity contribution in [1.82, 2.24) is 9.55 Å². The quantitative estimate of drug-likeness (QED) is 0.788. The Labute approximate surface area is 101 Å². The van der Waals surface area contributed by atoms with Gasteiger partial charge in [0.05, 0.1) is 18.2 Å². The molecule has 0 aliphatic carbocycles. The number of imidazole rings is 1. The number of aryl methyl sites for hydroxylation is 3. The predicted octanol–water partition coefficient (Wildman–Crippen LogP) is 2.77. The van der Waals surface area contributed by atoms with E-state index in [2.05, 4.69) is 43.1 Å². The van der Waals surface area contributed by atoms with Crippen LogP contribution >= 0.6 is 0 Å². The SMILES string of the molecule is Cc1ccc(-c2nc(CC#N)cn2C)c(C)c1. The van der Waals surface area contributed by atoms with Crippen LogP contribution in [0, 0.1) is 25.2 Å². The Kier molecular flexibility index (Phi) is 2.97. The molecule has 0 bridgehead atoms. The fraction of sp³-hybridized carbons (Fsp3) is 0.286. The van der Waals surface area contributed by atoms with E-state index < -0.39 is 0 Å². The molecule has 0 fully saturated rings. The van der Waals surface area contributed by atoms with Crippen LogP contribution in [-0.4, -0.2) is 9.55 Å². The summed E-state index contributed by atoms with van der Waals surface area (Å²) in [7, 11) is 1.96. The second-order valence-electron chi connectivity index (χ2n) is 4.32. The van der Waals surface area contributed by atoms with Gasteiger partial charge >= 0.3 is 0 Å². The lowest BCUT2D eigenvalue weighted by molar-refractivity contribution is 0.922. The van der Waals surface area contributed by atoms with E-state index in [0.717, 1.165) is 17.1 Å². The summed E-state index contributed by atoms with van der Waals surface area (Å²) >= 11 is 0. The summed E-state index contributed by atoms with van der Waals surface area (Å²) in [6.45, 7) is 4.16. The molecule has 1 heterocycles. The third-order valence-corrected chi connectivity index (χ3v) is 2.81. The first kappa shape index (κ1) is 11.4. The van der Waals surface area contributed by atoms with Crippen molar-refractivity contribution in [2.75, 3.05) is 0 Å². The van der Waals surface area contributed by atoms with Crippen LogP contribution in [0.15, 0.2) is 24.4 Å². The second kappa shape index (κ2) is 4.42. The highest BCUT2D eigenvalue weighted by molar-refractivity contribution is 5.61. The number of hydrogen-bond donors (Lipinski definition) is 0. The summed E-state index contributed by atoms with van der Waals surface area (Å²) in [5.74, 6) is 0.924. The van der Waals surface area contributed by atoms with E-state index in [0.29, 0.717) is 6.42 Å². The van der Waals surface area contributed by atoms with Crippen molar-refractivity contribution in [3.05, 3.63) is 41.2 Å². The van der Waals surface area contributed by atoms with E-state index in [1.807, 2.05) is 17.8 Å². The lowest BCUT2D eigenvalue weighted by Gasteiger charge is -2.06. The van der Waals surface area contributed by atoms with Crippen LogP contribution in [0.25, 0.3) is 11.4 Å². The van der Waals surface area contributed by atoms with Crippen LogP contribution in [0.2, 0.25) is 0 Å². The molecule has 0 saturated carbocycles. The second-order valence-corrected chi connectivity index (χ2v) is 4.32. The maximum atomic E-state index is 8.68. The maximum Gasteiger partial charge on any atom is 0.140 e. The van der Waals surface area contributed by atoms with Gasteiger partial charge in [-0.3, -0.25) is 0 Å². The molecule has 2 rings (SSSR count). The topological polar surface area (TPSA) is 41.6 Å². The molecule has 3 heteroatoms. The average molecular weight is 225 g/mol. The number of nitrogens with zero attached hydrogens (tertiary/aromatic N) is 3. The van der Waals surface area contributed by atoms with E-state index in [9.17, 15) is 0 Å². The minimum Gasteiger partial charge on any atom is -0.334 e. The molecule has 3 nitrogen and oxygen atoms in total. The van der Waals surface area contributed by atoms with Gasteiger partial charge in [0.15, 0.2) is 0 Å². The maximum absolute atomic E-state index is 8.68. The average Bonchev–Trinajstić information content (AvgIpc) is 2.60. The van der Waals surface area contributed by atoms with Crippen LogP contribution in [0.1, 0.15) is 16.8 Å². The Morgan fingerprint density at radius 2 is 2.12 bits per heavy atom. The van der Waals surface area contributed by atoms with Gasteiger partial charge in [0.1, 0.15) is 5.82 Å². The lowest BCUT2D eigenvalue weighted by Crippen LogP contribution is -1.93. The number of benzene rings is 1. The molecule has 0 spiro atoms. The Hall–Kier alpha value is -2.08. The molecule has 1 aromatic heterocycles. The van der Waals surface area contributed by atoms with Crippen LogP contribution < -0.4 is 0 Å². The van der Waals surface area contributed by atoms with Gasteiger partial charge in [0.2, 0.25) is 0 Å². The number of hydrogen-bond acceptors (Lipinski definition) is 2. The van der Waals surface area contributed by atoms with Gasteiger partial charge in [-0.1, -0.05) is 23.8 Å². The Bertz CT molecular complexity index is 588. The zero-order valence-corrected chi connectivity index (χ0v) is 10.4. The molecule has 0 aliphatic rings. The normalized spacial score (nSPS) is 10.2. The zero-order valence-electron chi connectivity index (χ0n) is 10.4. The van der Waals surface area contributed by atoms with Crippen molar-refractivity contribution in [1.29, 1.82) is 5.26 Å². The lowest BCUT2D eigenvalue weighted by atomic mass is 10.1. The van der Waals surface area contributed by atoms with E-state index in [-0.39, 0.29) is 0 Å². The molecule has 0 saturated heterocycles. The predicted molar refractivity (Wildman–Crippen MR) is 67.4 cm³/mol. The molecule has 86 valence electrons. The fourth-order valence-electron chi connectivity index (χ4n) is 2.01. The summed E-state index contributed by atoms with van der Waals surface area (Å²) in [6.07, 6.45) is 2.27. The highest BCUT2D eigenvalue weighted by atomic mass is 15.0. The minimum absolute atomic E-state index is 0.360. The molecular formula is C14H15N3. The molecule has 0 N–H and O–H groups in total. The molecule has 0 atom stereocenters. The van der Waals surface area contributed by atoms with Crippen LogP contribution in [0.3, 0.4) is 0 Å². The molecule has 2 aromatic rings. The van der Waals surface area contributed by atoms with E-state index in [4.69, 9.17) is 5.26 Å². The minimum atomic E-state index is 0.360. The molecule has 0 radical (unpaired) electrons. The summed E-state index contributed by atoms with van der Waals surface area (Å²) in [4.78, 5) is 4.50. The van der Waals surface area contributed by atoms with Crippen molar-refractivity contribution < 1.29 is 0 Å². The van der Waals surface area contributed by atoms with Crippen molar-refractivity contribution in [2.45, 2.75) is 20.3 Å². The van der Waals surface area contributed by atoms with Gasteiger partial charge < -0.3 is 4.57 Å². The van der Waals surface area contributed by atoms with Crippen LogP contribution in [0.5, 0.6) is 0 Å².